The molecule has 3 N–H and O–H groups in total. The van der Waals surface area contributed by atoms with Crippen LogP contribution in [0.3, 0.4) is 0 Å². The number of nitrogens with two attached hydrogens (primary N) is 1. The monoisotopic (exact) mass is 388 g/mol. The molecule has 0 fully saturated rings. The molecule has 0 aliphatic rings. The van der Waals surface area contributed by atoms with E-state index in [0.717, 1.165) is 0 Å². The van der Waals surface area contributed by atoms with Gasteiger partial charge in [-0.2, -0.15) is 0 Å². The van der Waals surface area contributed by atoms with Gasteiger partial charge in [0.25, 0.3) is 5.91 Å². The van der Waals surface area contributed by atoms with Gasteiger partial charge in [-0.15, -0.1) is 0 Å². The fourth-order valence-corrected chi connectivity index (χ4v) is 3.22. The fraction of sp³-hybridized carbons (Fsp3) is 0.118. The van der Waals surface area contributed by atoms with Crippen LogP contribution >= 0.6 is 0 Å². The number of ether oxygens (including phenoxy) is 1. The Morgan fingerprint density at radius 3 is 2.56 bits per heavy atom. The number of nitrogens with one attached hydrogen (secondary N) is 1. The van der Waals surface area contributed by atoms with E-state index in [-0.39, 0.29) is 18.0 Å². The topological polar surface area (TPSA) is 137 Å². The van der Waals surface area contributed by atoms with E-state index in [1.807, 2.05) is 0 Å². The van der Waals surface area contributed by atoms with Gasteiger partial charge in [0.15, 0.2) is 12.4 Å². The lowest BCUT2D eigenvalue weighted by atomic mass is 10.2. The molecule has 0 saturated carbocycles. The molecule has 9 nitrogen and oxygen atoms in total. The molecule has 27 heavy (non-hydrogen) atoms. The van der Waals surface area contributed by atoms with Gasteiger partial charge in [-0.05, 0) is 36.4 Å². The molecule has 1 aromatic carbocycles. The highest BCUT2D eigenvalue weighted by molar-refractivity contribution is 7.89. The number of nitrogens with zero attached hydrogens (tertiary/aromatic N) is 2. The first kappa shape index (κ1) is 18.5. The van der Waals surface area contributed by atoms with Crippen LogP contribution in [-0.4, -0.2) is 30.9 Å². The van der Waals surface area contributed by atoms with Crippen molar-refractivity contribution in [2.24, 2.45) is 5.73 Å². The third-order valence-corrected chi connectivity index (χ3v) is 4.89. The van der Waals surface area contributed by atoms with Crippen molar-refractivity contribution >= 4 is 15.9 Å². The van der Waals surface area contributed by atoms with Crippen LogP contribution in [-0.2, 0) is 21.4 Å². The first-order valence-corrected chi connectivity index (χ1v) is 9.28. The first-order valence-electron chi connectivity index (χ1n) is 7.80. The Morgan fingerprint density at radius 1 is 1.15 bits per heavy atom. The average Bonchev–Trinajstić information content (AvgIpc) is 3.20. The number of carbonyl (C=O) groups excluding carboxylic acids is 1. The fourth-order valence-electron chi connectivity index (χ4n) is 2.23. The molecule has 10 heteroatoms. The van der Waals surface area contributed by atoms with Crippen LogP contribution in [0.2, 0.25) is 0 Å². The molecule has 0 bridgehead atoms. The smallest absolute Gasteiger partial charge is 0.255 e. The van der Waals surface area contributed by atoms with Crippen LogP contribution in [0.1, 0.15) is 5.69 Å². The van der Waals surface area contributed by atoms with Crippen molar-refractivity contribution in [3.63, 3.8) is 0 Å². The van der Waals surface area contributed by atoms with Gasteiger partial charge >= 0.3 is 0 Å². The van der Waals surface area contributed by atoms with E-state index in [0.29, 0.717) is 22.9 Å². The van der Waals surface area contributed by atoms with Gasteiger partial charge in [0, 0.05) is 12.4 Å². The van der Waals surface area contributed by atoms with Gasteiger partial charge in [0.05, 0.1) is 23.4 Å². The van der Waals surface area contributed by atoms with E-state index in [2.05, 4.69) is 14.7 Å². The number of benzene rings is 1. The maximum Gasteiger partial charge on any atom is 0.255 e. The summed E-state index contributed by atoms with van der Waals surface area (Å²) < 4.78 is 37.8. The number of rotatable bonds is 8. The SMILES string of the molecule is NC(=O)COc1ccc(S(=O)(=O)NCc2nccnc2-c2ccco2)cc1. The Labute approximate surface area is 155 Å². The van der Waals surface area contributed by atoms with Crippen molar-refractivity contribution in [1.82, 2.24) is 14.7 Å². The quantitative estimate of drug-likeness (QED) is 0.589. The molecule has 2 aromatic heterocycles. The van der Waals surface area contributed by atoms with E-state index in [4.69, 9.17) is 14.9 Å². The highest BCUT2D eigenvalue weighted by atomic mass is 32.2. The molecule has 0 radical (unpaired) electrons. The summed E-state index contributed by atoms with van der Waals surface area (Å²) in [6, 6.07) is 9.03. The minimum absolute atomic E-state index is 0.0392. The van der Waals surface area contributed by atoms with E-state index in [1.54, 1.807) is 12.1 Å². The Kier molecular flexibility index (Phi) is 5.48. The molecular formula is C17H16N4O5S. The van der Waals surface area contributed by atoms with E-state index in [9.17, 15) is 13.2 Å². The van der Waals surface area contributed by atoms with E-state index in [1.165, 1.54) is 42.9 Å². The predicted octanol–water partition coefficient (Wildman–Crippen LogP) is 1.08. The second-order valence-corrected chi connectivity index (χ2v) is 7.15. The van der Waals surface area contributed by atoms with Crippen molar-refractivity contribution in [2.75, 3.05) is 6.61 Å². The van der Waals surface area contributed by atoms with Crippen LogP contribution in [0.5, 0.6) is 5.75 Å². The van der Waals surface area contributed by atoms with Gasteiger partial charge in [-0.1, -0.05) is 0 Å². The normalized spacial score (nSPS) is 11.3. The maximum absolute atomic E-state index is 12.5. The van der Waals surface area contributed by atoms with Crippen LogP contribution in [0.15, 0.2) is 64.4 Å². The van der Waals surface area contributed by atoms with Crippen molar-refractivity contribution < 1.29 is 22.4 Å². The Morgan fingerprint density at radius 2 is 1.89 bits per heavy atom. The average molecular weight is 388 g/mol. The Balaban J connectivity index is 1.72. The van der Waals surface area contributed by atoms with Crippen molar-refractivity contribution in [1.29, 1.82) is 0 Å². The maximum atomic E-state index is 12.5. The number of amides is 1. The molecule has 0 spiro atoms. The molecule has 1 amide bonds. The number of carbonyl (C=O) groups is 1. The number of aromatic nitrogens is 2. The number of hydrogen-bond donors (Lipinski definition) is 2. The zero-order valence-electron chi connectivity index (χ0n) is 14.0. The summed E-state index contributed by atoms with van der Waals surface area (Å²) in [4.78, 5) is 19.1. The second kappa shape index (κ2) is 7.98. The predicted molar refractivity (Wildman–Crippen MR) is 94.9 cm³/mol. The summed E-state index contributed by atoms with van der Waals surface area (Å²) in [6.07, 6.45) is 4.47. The van der Waals surface area contributed by atoms with Gasteiger partial charge in [-0.25, -0.2) is 18.1 Å². The van der Waals surface area contributed by atoms with Gasteiger partial charge < -0.3 is 14.9 Å². The van der Waals surface area contributed by atoms with Crippen LogP contribution in [0.4, 0.5) is 0 Å². The molecule has 0 aliphatic heterocycles. The highest BCUT2D eigenvalue weighted by Crippen LogP contribution is 2.21. The summed E-state index contributed by atoms with van der Waals surface area (Å²) in [5.41, 5.74) is 5.88. The largest absolute Gasteiger partial charge is 0.484 e. The summed E-state index contributed by atoms with van der Waals surface area (Å²) in [5.74, 6) is 0.208. The minimum Gasteiger partial charge on any atom is -0.484 e. The standard InChI is InChI=1S/C17H16N4O5S/c18-16(22)11-26-12-3-5-13(6-4-12)27(23,24)21-10-14-17(20-8-7-19-14)15-2-1-9-25-15/h1-9,21H,10-11H2,(H2,18,22). The molecule has 0 unspecified atom stereocenters. The van der Waals surface area contributed by atoms with Crippen molar-refractivity contribution in [3.05, 3.63) is 60.7 Å². The van der Waals surface area contributed by atoms with Crippen molar-refractivity contribution in [3.8, 4) is 17.2 Å². The van der Waals surface area contributed by atoms with Crippen LogP contribution in [0.25, 0.3) is 11.5 Å². The number of furan rings is 1. The summed E-state index contributed by atoms with van der Waals surface area (Å²) in [6.45, 7) is -0.348. The highest BCUT2D eigenvalue weighted by Gasteiger charge is 2.17. The van der Waals surface area contributed by atoms with Gasteiger partial charge in [0.1, 0.15) is 11.4 Å². The lowest BCUT2D eigenvalue weighted by molar-refractivity contribution is -0.119. The number of hydrogen-bond acceptors (Lipinski definition) is 7. The molecule has 0 atom stereocenters. The lowest BCUT2D eigenvalue weighted by Gasteiger charge is -2.09. The molecule has 0 aliphatic carbocycles. The van der Waals surface area contributed by atoms with E-state index < -0.39 is 15.9 Å². The first-order chi connectivity index (χ1) is 13.0. The van der Waals surface area contributed by atoms with Crippen LogP contribution in [0, 0.1) is 0 Å². The molecule has 0 saturated heterocycles. The molecule has 140 valence electrons. The molecule has 3 rings (SSSR count). The Hall–Kier alpha value is -3.24. The second-order valence-electron chi connectivity index (χ2n) is 5.38. The van der Waals surface area contributed by atoms with Crippen molar-refractivity contribution in [2.45, 2.75) is 11.4 Å². The zero-order valence-corrected chi connectivity index (χ0v) is 14.8. The summed E-state index contributed by atoms with van der Waals surface area (Å²) >= 11 is 0. The Bertz CT molecular complexity index is 1020. The molecule has 2 heterocycles. The third-order valence-electron chi connectivity index (χ3n) is 3.47. The number of sulfonamides is 1. The van der Waals surface area contributed by atoms with Gasteiger partial charge in [-0.3, -0.25) is 9.78 Å². The molecular weight excluding hydrogens is 372 g/mol. The lowest BCUT2D eigenvalue weighted by Crippen LogP contribution is -2.24. The summed E-state index contributed by atoms with van der Waals surface area (Å²) in [7, 11) is -3.79. The van der Waals surface area contributed by atoms with Crippen LogP contribution < -0.4 is 15.2 Å². The zero-order chi connectivity index (χ0) is 19.3. The number of primary amides is 1. The molecule has 3 aromatic rings. The van der Waals surface area contributed by atoms with Gasteiger partial charge in [0.2, 0.25) is 10.0 Å². The minimum atomic E-state index is -3.79. The van der Waals surface area contributed by atoms with E-state index >= 15 is 0 Å². The summed E-state index contributed by atoms with van der Waals surface area (Å²) in [5, 5.41) is 0. The third kappa shape index (κ3) is 4.68.